The molecule has 2 aromatic carbocycles. The molecular weight excluding hydrogens is 386 g/mol. The number of hydrogen-bond donors (Lipinski definition) is 2. The Morgan fingerprint density at radius 3 is 2.59 bits per heavy atom. The summed E-state index contributed by atoms with van der Waals surface area (Å²) in [5.41, 5.74) is 3.46. The molecule has 0 atom stereocenters. The Bertz CT molecular complexity index is 957. The van der Waals surface area contributed by atoms with Gasteiger partial charge in [0.05, 0.1) is 6.54 Å². The van der Waals surface area contributed by atoms with Crippen LogP contribution in [0.15, 0.2) is 60.0 Å². The highest BCUT2D eigenvalue weighted by atomic mass is 32.2. The minimum absolute atomic E-state index is 0.0139. The first-order valence-corrected chi connectivity index (χ1v) is 10.3. The van der Waals surface area contributed by atoms with E-state index in [9.17, 15) is 9.59 Å². The quantitative estimate of drug-likeness (QED) is 0.557. The average molecular weight is 410 g/mol. The van der Waals surface area contributed by atoms with E-state index < -0.39 is 0 Å². The number of rotatable bonds is 8. The van der Waals surface area contributed by atoms with Gasteiger partial charge in [0.1, 0.15) is 6.33 Å². The molecule has 8 heteroatoms. The standard InChI is InChI=1S/C21H23N5O2S/c1-3-16-6-4-5-7-18(16)24-19(27)12-26(2)20(28)17-10-8-15(9-11-17)13-29-21-22-14-23-25-21/h4-11,14H,3,12-13H2,1-2H3,(H,24,27)(H,22,23,25). The molecule has 0 radical (unpaired) electrons. The smallest absolute Gasteiger partial charge is 0.254 e. The molecule has 3 rings (SSSR count). The highest BCUT2D eigenvalue weighted by Crippen LogP contribution is 2.19. The molecule has 2 N–H and O–H groups in total. The van der Waals surface area contributed by atoms with E-state index in [4.69, 9.17) is 0 Å². The number of aromatic amines is 1. The largest absolute Gasteiger partial charge is 0.332 e. The number of thioether (sulfide) groups is 1. The number of carbonyl (C=O) groups excluding carboxylic acids is 2. The molecule has 1 heterocycles. The Morgan fingerprint density at radius 1 is 1.14 bits per heavy atom. The highest BCUT2D eigenvalue weighted by Gasteiger charge is 2.15. The molecule has 0 spiro atoms. The van der Waals surface area contributed by atoms with Crippen LogP contribution in [0.25, 0.3) is 0 Å². The van der Waals surface area contributed by atoms with Gasteiger partial charge in [-0.25, -0.2) is 4.98 Å². The van der Waals surface area contributed by atoms with Crippen LogP contribution < -0.4 is 5.32 Å². The van der Waals surface area contributed by atoms with Crippen molar-refractivity contribution in [2.75, 3.05) is 18.9 Å². The second-order valence-corrected chi connectivity index (χ2v) is 7.46. The van der Waals surface area contributed by atoms with Crippen molar-refractivity contribution in [1.29, 1.82) is 0 Å². The normalized spacial score (nSPS) is 10.6. The highest BCUT2D eigenvalue weighted by molar-refractivity contribution is 7.98. The third kappa shape index (κ3) is 5.68. The van der Waals surface area contributed by atoms with Crippen LogP contribution in [0.3, 0.4) is 0 Å². The van der Waals surface area contributed by atoms with E-state index in [2.05, 4.69) is 20.5 Å². The van der Waals surface area contributed by atoms with Crippen molar-refractivity contribution in [2.24, 2.45) is 0 Å². The summed E-state index contributed by atoms with van der Waals surface area (Å²) in [6, 6.07) is 15.0. The van der Waals surface area contributed by atoms with Crippen molar-refractivity contribution in [1.82, 2.24) is 20.1 Å². The Kier molecular flexibility index (Phi) is 7.02. The maximum atomic E-state index is 12.6. The SMILES string of the molecule is CCc1ccccc1NC(=O)CN(C)C(=O)c1ccc(CSc2ncn[nH]2)cc1. The zero-order valence-corrected chi connectivity index (χ0v) is 17.2. The van der Waals surface area contributed by atoms with Crippen LogP contribution in [-0.4, -0.2) is 45.5 Å². The molecule has 0 aliphatic heterocycles. The van der Waals surface area contributed by atoms with E-state index in [-0.39, 0.29) is 18.4 Å². The number of amides is 2. The van der Waals surface area contributed by atoms with Gasteiger partial charge in [0, 0.05) is 24.1 Å². The minimum atomic E-state index is -0.221. The van der Waals surface area contributed by atoms with Gasteiger partial charge in [-0.3, -0.25) is 14.7 Å². The summed E-state index contributed by atoms with van der Waals surface area (Å²) >= 11 is 1.54. The molecule has 0 saturated heterocycles. The van der Waals surface area contributed by atoms with Gasteiger partial charge in [0.2, 0.25) is 5.91 Å². The number of para-hydroxylation sites is 1. The summed E-state index contributed by atoms with van der Waals surface area (Å²) < 4.78 is 0. The number of H-pyrrole nitrogens is 1. The monoisotopic (exact) mass is 409 g/mol. The molecule has 0 bridgehead atoms. The maximum absolute atomic E-state index is 12.6. The fraction of sp³-hybridized carbons (Fsp3) is 0.238. The molecule has 2 amide bonds. The van der Waals surface area contributed by atoms with Crippen LogP contribution in [-0.2, 0) is 17.0 Å². The molecule has 0 aliphatic carbocycles. The molecular formula is C21H23N5O2S. The van der Waals surface area contributed by atoms with E-state index in [0.717, 1.165) is 34.1 Å². The number of aromatic nitrogens is 3. The van der Waals surface area contributed by atoms with Gasteiger partial charge in [0.25, 0.3) is 5.91 Å². The summed E-state index contributed by atoms with van der Waals surface area (Å²) in [7, 11) is 1.63. The lowest BCUT2D eigenvalue weighted by molar-refractivity contribution is -0.116. The van der Waals surface area contributed by atoms with Gasteiger partial charge < -0.3 is 10.2 Å². The first kappa shape index (κ1) is 20.6. The third-order valence-corrected chi connectivity index (χ3v) is 5.32. The molecule has 1 aromatic heterocycles. The van der Waals surface area contributed by atoms with E-state index >= 15 is 0 Å². The summed E-state index contributed by atoms with van der Waals surface area (Å²) in [6.45, 7) is 2.02. The number of carbonyl (C=O) groups is 2. The zero-order chi connectivity index (χ0) is 20.6. The van der Waals surface area contributed by atoms with E-state index in [1.807, 2.05) is 43.3 Å². The summed E-state index contributed by atoms with van der Waals surface area (Å²) in [5, 5.41) is 10.2. The van der Waals surface area contributed by atoms with Crippen LogP contribution >= 0.6 is 11.8 Å². The fourth-order valence-corrected chi connectivity index (χ4v) is 3.54. The van der Waals surface area contributed by atoms with Crippen molar-refractivity contribution in [3.05, 3.63) is 71.5 Å². The topological polar surface area (TPSA) is 91.0 Å². The molecule has 0 unspecified atom stereocenters. The van der Waals surface area contributed by atoms with Gasteiger partial charge in [0.15, 0.2) is 5.16 Å². The number of hydrogen-bond acceptors (Lipinski definition) is 5. The van der Waals surface area contributed by atoms with Gasteiger partial charge in [-0.2, -0.15) is 5.10 Å². The van der Waals surface area contributed by atoms with Crippen molar-refractivity contribution in [2.45, 2.75) is 24.3 Å². The lowest BCUT2D eigenvalue weighted by atomic mass is 10.1. The van der Waals surface area contributed by atoms with Crippen LogP contribution in [0, 0.1) is 0 Å². The molecule has 29 heavy (non-hydrogen) atoms. The predicted molar refractivity (Wildman–Crippen MR) is 114 cm³/mol. The van der Waals surface area contributed by atoms with Crippen LogP contribution in [0.4, 0.5) is 5.69 Å². The van der Waals surface area contributed by atoms with Gasteiger partial charge >= 0.3 is 0 Å². The summed E-state index contributed by atoms with van der Waals surface area (Å²) in [4.78, 5) is 30.5. The number of nitrogens with one attached hydrogen (secondary N) is 2. The van der Waals surface area contributed by atoms with Crippen molar-refractivity contribution < 1.29 is 9.59 Å². The lowest BCUT2D eigenvalue weighted by Gasteiger charge is -2.18. The first-order valence-electron chi connectivity index (χ1n) is 9.27. The van der Waals surface area contributed by atoms with E-state index in [1.165, 1.54) is 23.0 Å². The Hall–Kier alpha value is -3.13. The first-order chi connectivity index (χ1) is 14.1. The minimum Gasteiger partial charge on any atom is -0.332 e. The number of likely N-dealkylation sites (N-methyl/N-ethyl adjacent to an activating group) is 1. The average Bonchev–Trinajstić information content (AvgIpc) is 3.26. The summed E-state index contributed by atoms with van der Waals surface area (Å²) in [5.74, 6) is 0.304. The molecule has 0 aliphatic rings. The number of aryl methyl sites for hydroxylation is 1. The molecule has 150 valence electrons. The van der Waals surface area contributed by atoms with Crippen molar-refractivity contribution >= 4 is 29.3 Å². The Labute approximate surface area is 173 Å². The summed E-state index contributed by atoms with van der Waals surface area (Å²) in [6.07, 6.45) is 2.29. The molecule has 7 nitrogen and oxygen atoms in total. The van der Waals surface area contributed by atoms with E-state index in [1.54, 1.807) is 19.2 Å². The molecule has 0 fully saturated rings. The van der Waals surface area contributed by atoms with Crippen LogP contribution in [0.1, 0.15) is 28.4 Å². The fourth-order valence-electron chi connectivity index (χ4n) is 2.81. The predicted octanol–water partition coefficient (Wildman–Crippen LogP) is 3.37. The Morgan fingerprint density at radius 2 is 1.90 bits per heavy atom. The second kappa shape index (κ2) is 9.88. The second-order valence-electron chi connectivity index (χ2n) is 6.50. The number of anilines is 1. The molecule has 3 aromatic rings. The molecule has 0 saturated carbocycles. The van der Waals surface area contributed by atoms with Gasteiger partial charge in [-0.05, 0) is 35.7 Å². The Balaban J connectivity index is 1.54. The lowest BCUT2D eigenvalue weighted by Crippen LogP contribution is -2.35. The van der Waals surface area contributed by atoms with Crippen molar-refractivity contribution in [3.63, 3.8) is 0 Å². The van der Waals surface area contributed by atoms with Crippen LogP contribution in [0.2, 0.25) is 0 Å². The number of benzene rings is 2. The van der Waals surface area contributed by atoms with Gasteiger partial charge in [-0.15, -0.1) is 0 Å². The van der Waals surface area contributed by atoms with Gasteiger partial charge in [-0.1, -0.05) is 49.0 Å². The number of nitrogens with zero attached hydrogens (tertiary/aromatic N) is 3. The van der Waals surface area contributed by atoms with Crippen LogP contribution in [0.5, 0.6) is 0 Å². The van der Waals surface area contributed by atoms with Crippen molar-refractivity contribution in [3.8, 4) is 0 Å². The zero-order valence-electron chi connectivity index (χ0n) is 16.4. The third-order valence-electron chi connectivity index (χ3n) is 4.37. The maximum Gasteiger partial charge on any atom is 0.254 e. The van der Waals surface area contributed by atoms with E-state index in [0.29, 0.717) is 5.56 Å².